The lowest BCUT2D eigenvalue weighted by Gasteiger charge is -2.36. The lowest BCUT2D eigenvalue weighted by atomic mass is 9.91. The fourth-order valence-corrected chi connectivity index (χ4v) is 3.71. The van der Waals surface area contributed by atoms with Gasteiger partial charge in [-0.1, -0.05) is 5.16 Å². The zero-order valence-corrected chi connectivity index (χ0v) is 15.6. The van der Waals surface area contributed by atoms with Gasteiger partial charge in [-0.3, -0.25) is 9.59 Å². The van der Waals surface area contributed by atoms with E-state index in [0.717, 1.165) is 18.7 Å². The highest BCUT2D eigenvalue weighted by molar-refractivity contribution is 5.94. The number of carboxylic acid groups (broad SMARTS) is 1. The van der Waals surface area contributed by atoms with Crippen LogP contribution in [-0.2, 0) is 4.79 Å². The van der Waals surface area contributed by atoms with E-state index in [2.05, 4.69) is 15.4 Å². The van der Waals surface area contributed by atoms with Crippen molar-refractivity contribution in [1.82, 2.24) is 15.4 Å². The molecule has 1 saturated heterocycles. The molecule has 1 aromatic carbocycles. The average Bonchev–Trinajstić information content (AvgIpc) is 3.42. The second kappa shape index (κ2) is 7.90. The number of piperidine rings is 1. The van der Waals surface area contributed by atoms with Crippen LogP contribution in [0, 0.1) is 23.5 Å². The third kappa shape index (κ3) is 4.29. The number of halogens is 2. The summed E-state index contributed by atoms with van der Waals surface area (Å²) in [7, 11) is 0. The summed E-state index contributed by atoms with van der Waals surface area (Å²) in [6.07, 6.45) is 2.81. The van der Waals surface area contributed by atoms with Gasteiger partial charge in [-0.2, -0.15) is 4.39 Å². The van der Waals surface area contributed by atoms with Crippen LogP contribution in [0.25, 0.3) is 11.3 Å². The minimum Gasteiger partial charge on any atom is -0.481 e. The van der Waals surface area contributed by atoms with Crippen LogP contribution in [0.15, 0.2) is 28.8 Å². The summed E-state index contributed by atoms with van der Waals surface area (Å²) in [4.78, 5) is 26.3. The summed E-state index contributed by atoms with van der Waals surface area (Å²) in [6, 6.07) is 4.29. The maximum Gasteiger partial charge on any atom is 0.309 e. The van der Waals surface area contributed by atoms with Gasteiger partial charge in [-0.05, 0) is 49.4 Å². The van der Waals surface area contributed by atoms with Gasteiger partial charge in [0.05, 0.1) is 5.92 Å². The fraction of sp³-hybridized carbons (Fsp3) is 0.450. The number of likely N-dealkylation sites (tertiary alicyclic amines) is 1. The van der Waals surface area contributed by atoms with Crippen molar-refractivity contribution >= 4 is 11.9 Å². The van der Waals surface area contributed by atoms with Crippen LogP contribution in [0.1, 0.15) is 29.8 Å². The molecule has 2 aromatic rings. The van der Waals surface area contributed by atoms with Crippen LogP contribution in [-0.4, -0.2) is 52.7 Å². The van der Waals surface area contributed by atoms with E-state index in [9.17, 15) is 23.5 Å². The molecule has 2 atom stereocenters. The highest BCUT2D eigenvalue weighted by atomic mass is 19.1. The smallest absolute Gasteiger partial charge is 0.309 e. The molecule has 0 radical (unpaired) electrons. The summed E-state index contributed by atoms with van der Waals surface area (Å²) >= 11 is 0. The number of aliphatic carboxylic acids is 1. The number of nitrogens with one attached hydrogen (secondary N) is 1. The number of carbonyl (C=O) groups excluding carboxylic acids is 1. The molecule has 0 spiro atoms. The van der Waals surface area contributed by atoms with E-state index >= 15 is 0 Å². The molecule has 2 heterocycles. The van der Waals surface area contributed by atoms with Gasteiger partial charge >= 0.3 is 5.97 Å². The number of carboxylic acids is 1. The minimum absolute atomic E-state index is 0.243. The monoisotopic (exact) mass is 405 g/mol. The third-order valence-corrected chi connectivity index (χ3v) is 5.50. The Kier molecular flexibility index (Phi) is 5.31. The van der Waals surface area contributed by atoms with Gasteiger partial charge < -0.3 is 19.8 Å². The molecular weight excluding hydrogens is 384 g/mol. The van der Waals surface area contributed by atoms with Crippen LogP contribution in [0.2, 0.25) is 0 Å². The topological polar surface area (TPSA) is 95.7 Å². The molecule has 1 saturated carbocycles. The number of rotatable bonds is 6. The predicted molar refractivity (Wildman–Crippen MR) is 98.0 cm³/mol. The van der Waals surface area contributed by atoms with Crippen molar-refractivity contribution in [3.8, 4) is 11.3 Å². The fourth-order valence-electron chi connectivity index (χ4n) is 3.71. The maximum atomic E-state index is 14.7. The normalized spacial score (nSPS) is 22.4. The van der Waals surface area contributed by atoms with Crippen LogP contribution >= 0.6 is 0 Å². The van der Waals surface area contributed by atoms with E-state index in [1.165, 1.54) is 25.0 Å². The molecule has 0 unspecified atom stereocenters. The standard InChI is InChI=1S/C20H21F2N3O4/c21-13-5-3-12(4-6-13)18-16(22)17(24-29-18)19(26)23-15-7-8-25(9-11-1-2-11)10-14(15)20(27)28/h3-6,11,14-15H,1-2,7-10H2,(H,23,26)(H,27,28)/t14-,15-/m0/s1. The van der Waals surface area contributed by atoms with E-state index in [1.807, 2.05) is 0 Å². The maximum absolute atomic E-state index is 14.7. The quantitative estimate of drug-likeness (QED) is 0.767. The molecule has 7 nitrogen and oxygen atoms in total. The van der Waals surface area contributed by atoms with Crippen molar-refractivity contribution in [3.05, 3.63) is 41.6 Å². The molecule has 2 aliphatic rings. The Morgan fingerprint density at radius 1 is 1.21 bits per heavy atom. The molecule has 9 heteroatoms. The van der Waals surface area contributed by atoms with Crippen LogP contribution in [0.5, 0.6) is 0 Å². The van der Waals surface area contributed by atoms with Crippen molar-refractivity contribution in [2.75, 3.05) is 19.6 Å². The van der Waals surface area contributed by atoms with Gasteiger partial charge in [0, 0.05) is 31.2 Å². The third-order valence-electron chi connectivity index (χ3n) is 5.50. The zero-order chi connectivity index (χ0) is 20.5. The van der Waals surface area contributed by atoms with E-state index in [-0.39, 0.29) is 11.3 Å². The SMILES string of the molecule is O=C(N[C@H]1CCN(CC2CC2)C[C@@H]1C(=O)O)c1noc(-c2ccc(F)cc2)c1F. The molecule has 1 aliphatic carbocycles. The first kappa shape index (κ1) is 19.5. The number of aromatic nitrogens is 1. The molecule has 154 valence electrons. The van der Waals surface area contributed by atoms with Crippen molar-refractivity contribution < 1.29 is 28.0 Å². The highest BCUT2D eigenvalue weighted by Gasteiger charge is 2.38. The van der Waals surface area contributed by atoms with E-state index in [4.69, 9.17) is 4.52 Å². The van der Waals surface area contributed by atoms with Gasteiger partial charge in [0.15, 0.2) is 0 Å². The Morgan fingerprint density at radius 2 is 1.93 bits per heavy atom. The number of benzene rings is 1. The van der Waals surface area contributed by atoms with Gasteiger partial charge in [-0.15, -0.1) is 0 Å². The second-order valence-electron chi connectivity index (χ2n) is 7.70. The van der Waals surface area contributed by atoms with Crippen LogP contribution in [0.4, 0.5) is 8.78 Å². The summed E-state index contributed by atoms with van der Waals surface area (Å²) in [5.74, 6) is -3.69. The molecule has 0 bridgehead atoms. The highest BCUT2D eigenvalue weighted by Crippen LogP contribution is 2.31. The second-order valence-corrected chi connectivity index (χ2v) is 7.70. The van der Waals surface area contributed by atoms with Crippen molar-refractivity contribution in [2.45, 2.75) is 25.3 Å². The van der Waals surface area contributed by atoms with Crippen molar-refractivity contribution in [1.29, 1.82) is 0 Å². The molecule has 1 aliphatic heterocycles. The first-order valence-electron chi connectivity index (χ1n) is 9.59. The number of carbonyl (C=O) groups is 2. The molecule has 29 heavy (non-hydrogen) atoms. The zero-order valence-electron chi connectivity index (χ0n) is 15.6. The van der Waals surface area contributed by atoms with Crippen molar-refractivity contribution in [3.63, 3.8) is 0 Å². The van der Waals surface area contributed by atoms with Gasteiger partial charge in [0.1, 0.15) is 5.82 Å². The lowest BCUT2D eigenvalue weighted by Crippen LogP contribution is -2.54. The van der Waals surface area contributed by atoms with Gasteiger partial charge in [0.25, 0.3) is 5.91 Å². The number of hydrogen-bond donors (Lipinski definition) is 2. The Morgan fingerprint density at radius 3 is 2.59 bits per heavy atom. The number of amides is 1. The molecule has 1 amide bonds. The number of hydrogen-bond acceptors (Lipinski definition) is 5. The summed E-state index contributed by atoms with van der Waals surface area (Å²) in [5, 5.41) is 15.7. The summed E-state index contributed by atoms with van der Waals surface area (Å²) in [5.41, 5.74) is -0.305. The first-order chi connectivity index (χ1) is 13.9. The van der Waals surface area contributed by atoms with E-state index < -0.39 is 41.2 Å². The Balaban J connectivity index is 1.45. The van der Waals surface area contributed by atoms with Gasteiger partial charge in [-0.25, -0.2) is 4.39 Å². The summed E-state index contributed by atoms with van der Waals surface area (Å²) < 4.78 is 32.6. The van der Waals surface area contributed by atoms with Gasteiger partial charge in [0.2, 0.25) is 17.3 Å². The Bertz CT molecular complexity index is 911. The van der Waals surface area contributed by atoms with Crippen molar-refractivity contribution in [2.24, 2.45) is 11.8 Å². The predicted octanol–water partition coefficient (Wildman–Crippen LogP) is 2.53. The molecule has 1 aromatic heterocycles. The Hall–Kier alpha value is -2.81. The molecular formula is C20H21F2N3O4. The van der Waals surface area contributed by atoms with Crippen LogP contribution < -0.4 is 5.32 Å². The largest absolute Gasteiger partial charge is 0.481 e. The van der Waals surface area contributed by atoms with E-state index in [0.29, 0.717) is 25.4 Å². The average molecular weight is 405 g/mol. The molecule has 2 fully saturated rings. The minimum atomic E-state index is -0.997. The number of nitrogens with zero attached hydrogens (tertiary/aromatic N) is 2. The lowest BCUT2D eigenvalue weighted by molar-refractivity contribution is -0.144. The summed E-state index contributed by atoms with van der Waals surface area (Å²) in [6.45, 7) is 1.90. The molecule has 4 rings (SSSR count). The van der Waals surface area contributed by atoms with E-state index in [1.54, 1.807) is 0 Å². The molecule has 2 N–H and O–H groups in total. The Labute approximate surface area is 165 Å². The first-order valence-corrected chi connectivity index (χ1v) is 9.59. The van der Waals surface area contributed by atoms with Crippen LogP contribution in [0.3, 0.4) is 0 Å².